The number of fused-ring (bicyclic) bond motifs is 1. The molecule has 1 heterocycles. The Morgan fingerprint density at radius 1 is 0.861 bits per heavy atom. The van der Waals surface area contributed by atoms with Crippen LogP contribution in [0.3, 0.4) is 0 Å². The zero-order valence-corrected chi connectivity index (χ0v) is 20.7. The van der Waals surface area contributed by atoms with Crippen molar-refractivity contribution in [3.8, 4) is 11.5 Å². The van der Waals surface area contributed by atoms with E-state index in [-0.39, 0.29) is 25.9 Å². The fraction of sp³-hybridized carbons (Fsp3) is 0.345. The highest BCUT2D eigenvalue weighted by Gasteiger charge is 2.36. The van der Waals surface area contributed by atoms with Crippen LogP contribution in [-0.4, -0.2) is 50.0 Å². The molecule has 1 N–H and O–H groups in total. The van der Waals surface area contributed by atoms with E-state index in [1.807, 2.05) is 60.7 Å². The van der Waals surface area contributed by atoms with Gasteiger partial charge in [0.1, 0.15) is 0 Å². The molecule has 0 fully saturated rings. The number of rotatable bonds is 12. The topological polar surface area (TPSA) is 77.5 Å². The number of hydrogen-bond acceptors (Lipinski definition) is 6. The first-order valence-electron chi connectivity index (χ1n) is 12.0. The van der Waals surface area contributed by atoms with Crippen molar-refractivity contribution >= 4 is 5.91 Å². The summed E-state index contributed by atoms with van der Waals surface area (Å²) in [4.78, 5) is 14.9. The maximum absolute atomic E-state index is 13.3. The summed E-state index contributed by atoms with van der Waals surface area (Å²) >= 11 is 0. The third kappa shape index (κ3) is 6.63. The molecule has 0 bridgehead atoms. The van der Waals surface area contributed by atoms with Gasteiger partial charge in [0.2, 0.25) is 12.7 Å². The second kappa shape index (κ2) is 12.5. The maximum atomic E-state index is 13.3. The fourth-order valence-electron chi connectivity index (χ4n) is 4.25. The molecule has 0 unspecified atom stereocenters. The molecular formula is C29H33NO6. The third-order valence-electron chi connectivity index (χ3n) is 6.25. The van der Waals surface area contributed by atoms with E-state index in [2.05, 4.69) is 0 Å². The Hall–Kier alpha value is -3.39. The van der Waals surface area contributed by atoms with Crippen LogP contribution >= 0.6 is 0 Å². The summed E-state index contributed by atoms with van der Waals surface area (Å²) in [7, 11) is 3.42. The Labute approximate surface area is 212 Å². The van der Waals surface area contributed by atoms with Gasteiger partial charge in [-0.1, -0.05) is 66.7 Å². The van der Waals surface area contributed by atoms with Crippen molar-refractivity contribution < 1.29 is 28.8 Å². The lowest BCUT2D eigenvalue weighted by Gasteiger charge is -2.32. The molecule has 36 heavy (non-hydrogen) atoms. The van der Waals surface area contributed by atoms with Crippen molar-refractivity contribution in [2.24, 2.45) is 11.8 Å². The van der Waals surface area contributed by atoms with Gasteiger partial charge in [0, 0.05) is 20.0 Å². The van der Waals surface area contributed by atoms with E-state index < -0.39 is 17.9 Å². The molecule has 0 saturated heterocycles. The minimum Gasteiger partial charge on any atom is -0.454 e. The lowest BCUT2D eigenvalue weighted by atomic mass is 9.84. The van der Waals surface area contributed by atoms with Crippen molar-refractivity contribution in [3.63, 3.8) is 0 Å². The summed E-state index contributed by atoms with van der Waals surface area (Å²) in [6.45, 7) is 1.21. The molecule has 190 valence electrons. The van der Waals surface area contributed by atoms with Crippen molar-refractivity contribution in [2.75, 3.05) is 34.1 Å². The monoisotopic (exact) mass is 491 g/mol. The van der Waals surface area contributed by atoms with Gasteiger partial charge in [-0.25, -0.2) is 0 Å². The number of aliphatic hydroxyl groups excluding tert-OH is 1. The molecule has 1 aliphatic rings. The summed E-state index contributed by atoms with van der Waals surface area (Å²) in [5, 5.41) is 11.5. The van der Waals surface area contributed by atoms with Crippen molar-refractivity contribution in [1.82, 2.24) is 4.90 Å². The number of nitrogens with zero attached hydrogens (tertiary/aromatic N) is 1. The van der Waals surface area contributed by atoms with Crippen molar-refractivity contribution in [3.05, 3.63) is 95.6 Å². The molecule has 3 atom stereocenters. The standard InChI is InChI=1S/C29H33NO6/c1-30(2)29(32)25(19-34-17-22-11-7-4-8-12-22)24(18-33-16-21-9-5-3-6-10-21)28(31)23-13-14-26-27(15-23)36-20-35-26/h3-15,24-25,28,31H,16-20H2,1-2H3/t24-,25+,28-/m1/s1. The van der Waals surface area contributed by atoms with Gasteiger partial charge in [-0.05, 0) is 28.8 Å². The van der Waals surface area contributed by atoms with Gasteiger partial charge in [-0.15, -0.1) is 0 Å². The van der Waals surface area contributed by atoms with Crippen LogP contribution in [0.4, 0.5) is 0 Å². The quantitative estimate of drug-likeness (QED) is 0.409. The van der Waals surface area contributed by atoms with Crippen LogP contribution in [-0.2, 0) is 27.5 Å². The zero-order valence-electron chi connectivity index (χ0n) is 20.7. The first kappa shape index (κ1) is 25.7. The molecule has 7 nitrogen and oxygen atoms in total. The second-order valence-electron chi connectivity index (χ2n) is 9.06. The van der Waals surface area contributed by atoms with Crippen molar-refractivity contribution in [1.29, 1.82) is 0 Å². The van der Waals surface area contributed by atoms with Gasteiger partial charge < -0.3 is 29.0 Å². The van der Waals surface area contributed by atoms with Gasteiger partial charge in [0.05, 0.1) is 38.4 Å². The minimum atomic E-state index is -0.982. The van der Waals surface area contributed by atoms with Gasteiger partial charge in [-0.3, -0.25) is 4.79 Å². The van der Waals surface area contributed by atoms with Crippen LogP contribution in [0.2, 0.25) is 0 Å². The first-order chi connectivity index (χ1) is 17.5. The van der Waals surface area contributed by atoms with E-state index in [4.69, 9.17) is 18.9 Å². The number of carbonyl (C=O) groups excluding carboxylic acids is 1. The van der Waals surface area contributed by atoms with Crippen LogP contribution in [0.1, 0.15) is 22.8 Å². The van der Waals surface area contributed by atoms with Gasteiger partial charge >= 0.3 is 0 Å². The highest BCUT2D eigenvalue weighted by Crippen LogP contribution is 2.38. The minimum absolute atomic E-state index is 0.129. The molecular weight excluding hydrogens is 458 g/mol. The molecule has 0 saturated carbocycles. The molecule has 7 heteroatoms. The highest BCUT2D eigenvalue weighted by atomic mass is 16.7. The molecule has 0 aliphatic carbocycles. The van der Waals surface area contributed by atoms with Crippen LogP contribution in [0.5, 0.6) is 11.5 Å². The Bertz CT molecular complexity index is 1110. The van der Waals surface area contributed by atoms with E-state index in [0.29, 0.717) is 30.3 Å². The van der Waals surface area contributed by atoms with Gasteiger partial charge in [-0.2, -0.15) is 0 Å². The predicted molar refractivity (Wildman–Crippen MR) is 135 cm³/mol. The molecule has 0 radical (unpaired) electrons. The highest BCUT2D eigenvalue weighted by molar-refractivity contribution is 5.79. The normalized spacial score (nSPS) is 14.8. The molecule has 1 amide bonds. The van der Waals surface area contributed by atoms with E-state index >= 15 is 0 Å². The zero-order chi connectivity index (χ0) is 25.3. The number of benzene rings is 3. The number of amides is 1. The summed E-state index contributed by atoms with van der Waals surface area (Å²) in [6.07, 6.45) is -0.982. The van der Waals surface area contributed by atoms with Gasteiger partial charge in [0.25, 0.3) is 0 Å². The average molecular weight is 492 g/mol. The summed E-state index contributed by atoms with van der Waals surface area (Å²) < 4.78 is 23.0. The van der Waals surface area contributed by atoms with Gasteiger partial charge in [0.15, 0.2) is 11.5 Å². The Morgan fingerprint density at radius 3 is 2.06 bits per heavy atom. The Morgan fingerprint density at radius 2 is 1.44 bits per heavy atom. The lowest BCUT2D eigenvalue weighted by molar-refractivity contribution is -0.142. The van der Waals surface area contributed by atoms with E-state index in [9.17, 15) is 9.90 Å². The van der Waals surface area contributed by atoms with Crippen LogP contribution in [0, 0.1) is 11.8 Å². The molecule has 1 aliphatic heterocycles. The number of carbonyl (C=O) groups is 1. The second-order valence-corrected chi connectivity index (χ2v) is 9.06. The predicted octanol–water partition coefficient (Wildman–Crippen LogP) is 4.20. The fourth-order valence-corrected chi connectivity index (χ4v) is 4.25. The SMILES string of the molecule is CN(C)C(=O)[C@@H](COCc1ccccc1)[C@@H](COCc1ccccc1)[C@H](O)c1ccc2c(c1)OCO2. The largest absolute Gasteiger partial charge is 0.454 e. The average Bonchev–Trinajstić information content (AvgIpc) is 3.38. The van der Waals surface area contributed by atoms with E-state index in [1.54, 1.807) is 32.3 Å². The molecule has 3 aromatic carbocycles. The van der Waals surface area contributed by atoms with Crippen molar-refractivity contribution in [2.45, 2.75) is 19.3 Å². The molecule has 0 aromatic heterocycles. The summed E-state index contributed by atoms with van der Waals surface area (Å²) in [5.74, 6) is -0.0999. The van der Waals surface area contributed by atoms with E-state index in [0.717, 1.165) is 11.1 Å². The van der Waals surface area contributed by atoms with Crippen LogP contribution in [0.15, 0.2) is 78.9 Å². The maximum Gasteiger partial charge on any atom is 0.231 e. The summed E-state index contributed by atoms with van der Waals surface area (Å²) in [5.41, 5.74) is 2.67. The molecule has 3 aromatic rings. The van der Waals surface area contributed by atoms with Crippen LogP contribution in [0.25, 0.3) is 0 Å². The lowest BCUT2D eigenvalue weighted by Crippen LogP contribution is -2.41. The number of aliphatic hydroxyl groups is 1. The Balaban J connectivity index is 1.54. The third-order valence-corrected chi connectivity index (χ3v) is 6.25. The molecule has 4 rings (SSSR count). The molecule has 0 spiro atoms. The smallest absolute Gasteiger partial charge is 0.231 e. The number of ether oxygens (including phenoxy) is 4. The number of hydrogen-bond donors (Lipinski definition) is 1. The Kier molecular flexibility index (Phi) is 8.95. The first-order valence-corrected chi connectivity index (χ1v) is 12.0. The summed E-state index contributed by atoms with van der Waals surface area (Å²) in [6, 6.07) is 24.9. The van der Waals surface area contributed by atoms with E-state index in [1.165, 1.54) is 4.90 Å². The van der Waals surface area contributed by atoms with Crippen LogP contribution < -0.4 is 9.47 Å².